The first-order valence-electron chi connectivity index (χ1n) is 2.40. The Morgan fingerprint density at radius 1 is 1.50 bits per heavy atom. The van der Waals surface area contributed by atoms with Gasteiger partial charge in [0.15, 0.2) is 0 Å². The van der Waals surface area contributed by atoms with Gasteiger partial charge in [-0.3, -0.25) is 10.3 Å². The molecule has 42 valence electrons. The lowest BCUT2D eigenvalue weighted by Gasteiger charge is -1.86. The Morgan fingerprint density at radius 3 is 3.38 bits per heavy atom. The third kappa shape index (κ3) is 0.364. The zero-order valence-electron chi connectivity index (χ0n) is 4.18. The highest BCUT2D eigenvalue weighted by molar-refractivity contribution is 5.48. The second-order valence-corrected chi connectivity index (χ2v) is 1.70. The van der Waals surface area contributed by atoms with Crippen LogP contribution in [-0.4, -0.2) is 0 Å². The minimum absolute atomic E-state index is 0.617. The average molecular weight is 111 g/mol. The molecule has 1 aliphatic heterocycles. The summed E-state index contributed by atoms with van der Waals surface area (Å²) in [6.07, 6.45) is 3.30. The van der Waals surface area contributed by atoms with Crippen molar-refractivity contribution in [1.29, 1.82) is 0 Å². The highest BCUT2D eigenvalue weighted by Gasteiger charge is 2.10. The van der Waals surface area contributed by atoms with Crippen LogP contribution < -0.4 is 5.48 Å². The third-order valence-corrected chi connectivity index (χ3v) is 1.15. The molecular formula is C5H5NO2. The van der Waals surface area contributed by atoms with Crippen molar-refractivity contribution >= 4 is 5.69 Å². The van der Waals surface area contributed by atoms with Crippen LogP contribution in [0.3, 0.4) is 0 Å². The van der Waals surface area contributed by atoms with Crippen LogP contribution in [-0.2, 0) is 11.4 Å². The van der Waals surface area contributed by atoms with Crippen LogP contribution in [0.4, 0.5) is 5.69 Å². The zero-order chi connectivity index (χ0) is 5.40. The number of hydrogen-bond acceptors (Lipinski definition) is 3. The molecule has 3 nitrogen and oxygen atoms in total. The van der Waals surface area contributed by atoms with Gasteiger partial charge in [0.2, 0.25) is 0 Å². The van der Waals surface area contributed by atoms with E-state index in [-0.39, 0.29) is 0 Å². The molecule has 0 bridgehead atoms. The molecule has 2 heterocycles. The van der Waals surface area contributed by atoms with Crippen LogP contribution in [0.5, 0.6) is 0 Å². The number of furan rings is 1. The van der Waals surface area contributed by atoms with Gasteiger partial charge < -0.3 is 4.42 Å². The van der Waals surface area contributed by atoms with Gasteiger partial charge in [0.05, 0.1) is 6.26 Å². The Balaban J connectivity index is 2.54. The lowest BCUT2D eigenvalue weighted by molar-refractivity contribution is 0.199. The minimum Gasteiger partial charge on any atom is -0.470 e. The standard InChI is InChI=1S/C5H5NO2/c1-4-2-8-6-5(4)3-7-1/h1,3,6H,2H2. The predicted molar refractivity (Wildman–Crippen MR) is 27.1 cm³/mol. The van der Waals surface area contributed by atoms with Crippen molar-refractivity contribution in [2.24, 2.45) is 0 Å². The van der Waals surface area contributed by atoms with Crippen molar-refractivity contribution in [3.8, 4) is 0 Å². The van der Waals surface area contributed by atoms with Crippen LogP contribution >= 0.6 is 0 Å². The predicted octanol–water partition coefficient (Wildman–Crippen LogP) is 1.14. The van der Waals surface area contributed by atoms with E-state index < -0.39 is 0 Å². The maximum Gasteiger partial charge on any atom is 0.116 e. The molecule has 2 rings (SSSR count). The van der Waals surface area contributed by atoms with Gasteiger partial charge in [-0.15, -0.1) is 0 Å². The summed E-state index contributed by atoms with van der Waals surface area (Å²) in [5, 5.41) is 0. The second kappa shape index (κ2) is 1.26. The molecule has 0 aliphatic carbocycles. The summed E-state index contributed by atoms with van der Waals surface area (Å²) in [5.74, 6) is 0. The van der Waals surface area contributed by atoms with E-state index in [0.29, 0.717) is 6.61 Å². The SMILES string of the molecule is c1occ2c1CON2. The van der Waals surface area contributed by atoms with Crippen molar-refractivity contribution < 1.29 is 9.25 Å². The van der Waals surface area contributed by atoms with Crippen molar-refractivity contribution in [3.05, 3.63) is 18.1 Å². The number of hydrogen-bond donors (Lipinski definition) is 1. The zero-order valence-corrected chi connectivity index (χ0v) is 4.18. The molecule has 0 saturated carbocycles. The van der Waals surface area contributed by atoms with Crippen LogP contribution in [0, 0.1) is 0 Å². The summed E-state index contributed by atoms with van der Waals surface area (Å²) >= 11 is 0. The van der Waals surface area contributed by atoms with Gasteiger partial charge in [0.25, 0.3) is 0 Å². The molecule has 0 saturated heterocycles. The monoisotopic (exact) mass is 111 g/mol. The minimum atomic E-state index is 0.617. The Bertz CT molecular complexity index is 176. The lowest BCUT2D eigenvalue weighted by atomic mass is 10.3. The lowest BCUT2D eigenvalue weighted by Crippen LogP contribution is -1.86. The van der Waals surface area contributed by atoms with E-state index in [2.05, 4.69) is 5.48 Å². The van der Waals surface area contributed by atoms with Gasteiger partial charge in [-0.25, -0.2) is 0 Å². The van der Waals surface area contributed by atoms with Gasteiger partial charge in [-0.1, -0.05) is 0 Å². The van der Waals surface area contributed by atoms with E-state index in [1.54, 1.807) is 12.5 Å². The summed E-state index contributed by atoms with van der Waals surface area (Å²) in [4.78, 5) is 4.84. The summed E-state index contributed by atoms with van der Waals surface area (Å²) in [6, 6.07) is 0. The Morgan fingerprint density at radius 2 is 2.50 bits per heavy atom. The second-order valence-electron chi connectivity index (χ2n) is 1.70. The molecule has 3 heteroatoms. The van der Waals surface area contributed by atoms with Crippen molar-refractivity contribution in [2.75, 3.05) is 5.48 Å². The highest BCUT2D eigenvalue weighted by atomic mass is 16.7. The van der Waals surface area contributed by atoms with Gasteiger partial charge in [0, 0.05) is 5.56 Å². The van der Waals surface area contributed by atoms with Crippen molar-refractivity contribution in [2.45, 2.75) is 6.61 Å². The first-order valence-corrected chi connectivity index (χ1v) is 2.40. The van der Waals surface area contributed by atoms with E-state index in [0.717, 1.165) is 11.3 Å². The fourth-order valence-corrected chi connectivity index (χ4v) is 0.716. The van der Waals surface area contributed by atoms with Crippen molar-refractivity contribution in [1.82, 2.24) is 0 Å². The van der Waals surface area contributed by atoms with E-state index in [4.69, 9.17) is 9.25 Å². The topological polar surface area (TPSA) is 34.4 Å². The summed E-state index contributed by atoms with van der Waals surface area (Å²) in [5.41, 5.74) is 4.72. The first-order chi connectivity index (χ1) is 3.97. The summed E-state index contributed by atoms with van der Waals surface area (Å²) in [7, 11) is 0. The molecule has 0 atom stereocenters. The molecule has 0 fully saturated rings. The van der Waals surface area contributed by atoms with Gasteiger partial charge in [-0.2, -0.15) is 0 Å². The smallest absolute Gasteiger partial charge is 0.116 e. The molecule has 0 amide bonds. The molecule has 0 unspecified atom stereocenters. The maximum atomic E-state index is 4.84. The summed E-state index contributed by atoms with van der Waals surface area (Å²) < 4.78 is 4.84. The number of anilines is 1. The molecular weight excluding hydrogens is 106 g/mol. The molecule has 0 aromatic carbocycles. The maximum absolute atomic E-state index is 4.84. The Labute approximate surface area is 46.2 Å². The molecule has 0 radical (unpaired) electrons. The fourth-order valence-electron chi connectivity index (χ4n) is 0.716. The number of rotatable bonds is 0. The molecule has 1 aromatic heterocycles. The fraction of sp³-hybridized carbons (Fsp3) is 0.200. The van der Waals surface area contributed by atoms with Crippen LogP contribution in [0.25, 0.3) is 0 Å². The van der Waals surface area contributed by atoms with Gasteiger partial charge in [-0.05, 0) is 0 Å². The van der Waals surface area contributed by atoms with Crippen LogP contribution in [0.2, 0.25) is 0 Å². The van der Waals surface area contributed by atoms with Gasteiger partial charge in [0.1, 0.15) is 18.6 Å². The van der Waals surface area contributed by atoms with E-state index in [1.807, 2.05) is 0 Å². The largest absolute Gasteiger partial charge is 0.470 e. The Hall–Kier alpha value is -0.960. The van der Waals surface area contributed by atoms with E-state index >= 15 is 0 Å². The molecule has 0 spiro atoms. The quantitative estimate of drug-likeness (QED) is 0.545. The first kappa shape index (κ1) is 3.97. The van der Waals surface area contributed by atoms with E-state index in [9.17, 15) is 0 Å². The molecule has 1 N–H and O–H groups in total. The molecule has 1 aromatic rings. The molecule has 8 heavy (non-hydrogen) atoms. The summed E-state index contributed by atoms with van der Waals surface area (Å²) in [6.45, 7) is 0.617. The molecule has 1 aliphatic rings. The normalized spacial score (nSPS) is 15.5. The number of nitrogens with one attached hydrogen (secondary N) is 1. The Kier molecular flexibility index (Phi) is 0.625. The average Bonchev–Trinajstić information content (AvgIpc) is 2.15. The van der Waals surface area contributed by atoms with E-state index in [1.165, 1.54) is 0 Å². The van der Waals surface area contributed by atoms with Crippen LogP contribution in [0.1, 0.15) is 5.56 Å². The highest BCUT2D eigenvalue weighted by Crippen LogP contribution is 2.22. The van der Waals surface area contributed by atoms with Crippen molar-refractivity contribution in [3.63, 3.8) is 0 Å². The third-order valence-electron chi connectivity index (χ3n) is 1.15. The van der Waals surface area contributed by atoms with Crippen LogP contribution in [0.15, 0.2) is 16.9 Å². The number of fused-ring (bicyclic) bond motifs is 1. The van der Waals surface area contributed by atoms with Gasteiger partial charge >= 0.3 is 0 Å².